The highest BCUT2D eigenvalue weighted by Gasteiger charge is 2.31. The van der Waals surface area contributed by atoms with E-state index in [0.717, 1.165) is 41.9 Å². The van der Waals surface area contributed by atoms with Gasteiger partial charge in [0.1, 0.15) is 0 Å². The van der Waals surface area contributed by atoms with Gasteiger partial charge in [-0.3, -0.25) is 4.90 Å². The van der Waals surface area contributed by atoms with E-state index in [1.165, 1.54) is 25.3 Å². The number of hydrogen-bond acceptors (Lipinski definition) is 4. The number of nitrogens with zero attached hydrogens (tertiary/aromatic N) is 3. The normalized spacial score (nSPS) is 18.4. The highest BCUT2D eigenvalue weighted by molar-refractivity contribution is 7.90. The lowest BCUT2D eigenvalue weighted by molar-refractivity contribution is 0.120. The van der Waals surface area contributed by atoms with Gasteiger partial charge in [0.05, 0.1) is 10.4 Å². The molecule has 0 unspecified atom stereocenters. The van der Waals surface area contributed by atoms with Crippen LogP contribution in [0.1, 0.15) is 36.8 Å². The van der Waals surface area contributed by atoms with Crippen molar-refractivity contribution >= 4 is 26.6 Å². The lowest BCUT2D eigenvalue weighted by Gasteiger charge is -2.43. The predicted octanol–water partition coefficient (Wildman–Crippen LogP) is 4.80. The molecule has 2 fully saturated rings. The van der Waals surface area contributed by atoms with Crippen LogP contribution >= 0.6 is 0 Å². The summed E-state index contributed by atoms with van der Waals surface area (Å²) in [5.41, 5.74) is 1.53. The van der Waals surface area contributed by atoms with Crippen LogP contribution in [0.15, 0.2) is 53.6 Å². The molecule has 5 rings (SSSR count). The molecule has 1 aliphatic carbocycles. The van der Waals surface area contributed by atoms with E-state index >= 15 is 0 Å². The zero-order valence-electron chi connectivity index (χ0n) is 18.0. The van der Waals surface area contributed by atoms with E-state index in [1.807, 2.05) is 6.07 Å². The largest absolute Gasteiger partial charge is 0.368 e. The number of rotatable bonds is 5. The zero-order chi connectivity index (χ0) is 22.5. The quantitative estimate of drug-likeness (QED) is 0.550. The molecule has 0 amide bonds. The van der Waals surface area contributed by atoms with E-state index in [9.17, 15) is 17.2 Å². The maximum atomic E-state index is 14.1. The second-order valence-electron chi connectivity index (χ2n) is 8.78. The van der Waals surface area contributed by atoms with Crippen LogP contribution in [0.4, 0.5) is 14.5 Å². The van der Waals surface area contributed by atoms with Gasteiger partial charge >= 0.3 is 0 Å². The summed E-state index contributed by atoms with van der Waals surface area (Å²) in [4.78, 5) is 4.70. The Kier molecular flexibility index (Phi) is 5.45. The van der Waals surface area contributed by atoms with Crippen LogP contribution in [0.25, 0.3) is 10.9 Å². The van der Waals surface area contributed by atoms with E-state index in [2.05, 4.69) is 9.80 Å². The van der Waals surface area contributed by atoms with Crippen LogP contribution in [0.3, 0.4) is 0 Å². The van der Waals surface area contributed by atoms with Crippen LogP contribution in [0.5, 0.6) is 0 Å². The number of fused-ring (bicyclic) bond motifs is 1. The number of halogens is 2. The maximum Gasteiger partial charge on any atom is 0.268 e. The van der Waals surface area contributed by atoms with E-state index in [0.29, 0.717) is 22.6 Å². The number of anilines is 1. The molecular weight excluding hydrogens is 432 g/mol. The number of hydrogen-bond donors (Lipinski definition) is 0. The highest BCUT2D eigenvalue weighted by Crippen LogP contribution is 2.39. The van der Waals surface area contributed by atoms with Gasteiger partial charge in [-0.1, -0.05) is 24.6 Å². The fourth-order valence-electron chi connectivity index (χ4n) is 4.87. The summed E-state index contributed by atoms with van der Waals surface area (Å²) in [6.45, 7) is 5.08. The molecule has 3 aromatic rings. The van der Waals surface area contributed by atoms with Crippen molar-refractivity contribution < 1.29 is 17.2 Å². The van der Waals surface area contributed by atoms with E-state index in [4.69, 9.17) is 0 Å². The minimum absolute atomic E-state index is 0.0923. The standard InChI is InChI=1S/C24H27F2N3O2S/c1-17-5-2-8-19(15-17)32(30,31)29-16-20(24(25)26)23-21(9-4-10-22(23)29)28-13-11-27(12-14-28)18-6-3-7-18/h2,4-5,8-10,15-16,18,24H,3,6-7,11-14H2,1H3. The Hall–Kier alpha value is -2.45. The first-order chi connectivity index (χ1) is 15.4. The van der Waals surface area contributed by atoms with Crippen LogP contribution < -0.4 is 4.90 Å². The summed E-state index contributed by atoms with van der Waals surface area (Å²) in [5, 5.41) is 0.329. The van der Waals surface area contributed by atoms with Gasteiger partial charge in [-0.2, -0.15) is 0 Å². The van der Waals surface area contributed by atoms with Crippen molar-refractivity contribution in [3.63, 3.8) is 0 Å². The molecule has 0 atom stereocenters. The number of aryl methyl sites for hydroxylation is 1. The van der Waals surface area contributed by atoms with Gasteiger partial charge in [0.25, 0.3) is 16.4 Å². The molecular formula is C24H27F2N3O2S. The minimum atomic E-state index is -4.01. The fraction of sp³-hybridized carbons (Fsp3) is 0.417. The topological polar surface area (TPSA) is 45.6 Å². The van der Waals surface area contributed by atoms with Crippen molar-refractivity contribution in [3.05, 3.63) is 59.8 Å². The summed E-state index contributed by atoms with van der Waals surface area (Å²) in [5.74, 6) is 0. The third-order valence-electron chi connectivity index (χ3n) is 6.83. The van der Waals surface area contributed by atoms with Crippen molar-refractivity contribution in [2.24, 2.45) is 0 Å². The molecule has 8 heteroatoms. The smallest absolute Gasteiger partial charge is 0.268 e. The fourth-order valence-corrected chi connectivity index (χ4v) is 6.34. The zero-order valence-corrected chi connectivity index (χ0v) is 18.9. The van der Waals surface area contributed by atoms with Gasteiger partial charge < -0.3 is 4.90 Å². The Morgan fingerprint density at radius 2 is 1.72 bits per heavy atom. The number of piperazine rings is 1. The van der Waals surface area contributed by atoms with Crippen molar-refractivity contribution in [2.45, 2.75) is 43.5 Å². The summed E-state index contributed by atoms with van der Waals surface area (Å²) < 4.78 is 56.0. The monoisotopic (exact) mass is 459 g/mol. The molecule has 2 heterocycles. The Bertz CT molecular complexity index is 1240. The van der Waals surface area contributed by atoms with Gasteiger partial charge in [-0.05, 0) is 49.6 Å². The van der Waals surface area contributed by atoms with E-state index in [-0.39, 0.29) is 10.5 Å². The molecule has 1 saturated heterocycles. The third kappa shape index (κ3) is 3.59. The molecule has 0 radical (unpaired) electrons. The molecule has 0 N–H and O–H groups in total. The Labute approximate surface area is 187 Å². The molecule has 170 valence electrons. The Morgan fingerprint density at radius 1 is 1.00 bits per heavy atom. The van der Waals surface area contributed by atoms with Gasteiger partial charge in [0.2, 0.25) is 0 Å². The van der Waals surface area contributed by atoms with Crippen molar-refractivity contribution in [2.75, 3.05) is 31.1 Å². The lowest BCUT2D eigenvalue weighted by Crippen LogP contribution is -2.52. The highest BCUT2D eigenvalue weighted by atomic mass is 32.2. The predicted molar refractivity (Wildman–Crippen MR) is 122 cm³/mol. The van der Waals surface area contributed by atoms with Crippen LogP contribution in [-0.4, -0.2) is 49.5 Å². The molecule has 1 saturated carbocycles. The average Bonchev–Trinajstić information content (AvgIpc) is 3.14. The second kappa shape index (κ2) is 8.15. The van der Waals surface area contributed by atoms with Crippen LogP contribution in [0.2, 0.25) is 0 Å². The van der Waals surface area contributed by atoms with Crippen LogP contribution in [-0.2, 0) is 10.0 Å². The molecule has 0 bridgehead atoms. The van der Waals surface area contributed by atoms with E-state index in [1.54, 1.807) is 37.3 Å². The maximum absolute atomic E-state index is 14.1. The Balaban J connectivity index is 1.57. The summed E-state index contributed by atoms with van der Waals surface area (Å²) in [6, 6.07) is 12.4. The third-order valence-corrected chi connectivity index (χ3v) is 8.50. The van der Waals surface area contributed by atoms with E-state index < -0.39 is 16.4 Å². The molecule has 5 nitrogen and oxygen atoms in total. The summed E-state index contributed by atoms with van der Waals surface area (Å²) in [6.07, 6.45) is 2.09. The SMILES string of the molecule is Cc1cccc(S(=O)(=O)n2cc(C(F)F)c3c(N4CCN(C5CCC5)CC4)cccc32)c1. The minimum Gasteiger partial charge on any atom is -0.368 e. The first-order valence-electron chi connectivity index (χ1n) is 11.1. The van der Waals surface area contributed by atoms with Gasteiger partial charge in [-0.15, -0.1) is 0 Å². The lowest BCUT2D eigenvalue weighted by atomic mass is 9.91. The molecule has 32 heavy (non-hydrogen) atoms. The average molecular weight is 460 g/mol. The van der Waals surface area contributed by atoms with Crippen LogP contribution in [0, 0.1) is 6.92 Å². The molecule has 2 aromatic carbocycles. The second-order valence-corrected chi connectivity index (χ2v) is 10.6. The van der Waals surface area contributed by atoms with Gasteiger partial charge in [-0.25, -0.2) is 21.2 Å². The van der Waals surface area contributed by atoms with Gasteiger partial charge in [0, 0.05) is 55.1 Å². The summed E-state index contributed by atoms with van der Waals surface area (Å²) >= 11 is 0. The number of aromatic nitrogens is 1. The summed E-state index contributed by atoms with van der Waals surface area (Å²) in [7, 11) is -4.01. The molecule has 2 aliphatic rings. The van der Waals surface area contributed by atoms with Crippen molar-refractivity contribution in [1.82, 2.24) is 8.87 Å². The Morgan fingerprint density at radius 3 is 2.34 bits per heavy atom. The molecule has 0 spiro atoms. The molecule has 1 aliphatic heterocycles. The first kappa shape index (κ1) is 21.4. The molecule has 1 aromatic heterocycles. The number of benzene rings is 2. The van der Waals surface area contributed by atoms with Crippen molar-refractivity contribution in [1.29, 1.82) is 0 Å². The number of alkyl halides is 2. The van der Waals surface area contributed by atoms with Gasteiger partial charge in [0.15, 0.2) is 0 Å². The first-order valence-corrected chi connectivity index (χ1v) is 12.5. The van der Waals surface area contributed by atoms with Crippen molar-refractivity contribution in [3.8, 4) is 0 Å².